The number of hydrogen-bond donors (Lipinski definition) is 1. The Morgan fingerprint density at radius 3 is 2.71 bits per heavy atom. The molecule has 0 saturated heterocycles. The minimum atomic E-state index is -0.448. The van der Waals surface area contributed by atoms with Crippen molar-refractivity contribution < 1.29 is 9.90 Å². The summed E-state index contributed by atoms with van der Waals surface area (Å²) in [6.45, 7) is -0.448. The van der Waals surface area contributed by atoms with Gasteiger partial charge in [0.05, 0.1) is 0 Å². The Kier molecular flexibility index (Phi) is 3.62. The van der Waals surface area contributed by atoms with E-state index in [1.165, 1.54) is 0 Å². The van der Waals surface area contributed by atoms with Crippen LogP contribution in [0, 0.1) is 0 Å². The van der Waals surface area contributed by atoms with Crippen LogP contribution in [0.3, 0.4) is 0 Å². The summed E-state index contributed by atoms with van der Waals surface area (Å²) in [7, 11) is 0. The van der Waals surface area contributed by atoms with Gasteiger partial charge >= 0.3 is 0 Å². The van der Waals surface area contributed by atoms with Crippen LogP contribution in [0.1, 0.15) is 21.5 Å². The van der Waals surface area contributed by atoms with Crippen LogP contribution in [0.25, 0.3) is 0 Å². The van der Waals surface area contributed by atoms with Gasteiger partial charge in [0.25, 0.3) is 0 Å². The molecule has 1 N–H and O–H groups in total. The van der Waals surface area contributed by atoms with Gasteiger partial charge in [0.2, 0.25) is 0 Å². The third-order valence-electron chi connectivity index (χ3n) is 2.52. The van der Waals surface area contributed by atoms with Gasteiger partial charge in [0.15, 0.2) is 5.78 Å². The van der Waals surface area contributed by atoms with E-state index in [0.29, 0.717) is 5.56 Å². The van der Waals surface area contributed by atoms with Crippen molar-refractivity contribution in [3.8, 4) is 0 Å². The van der Waals surface area contributed by atoms with E-state index in [1.54, 1.807) is 18.5 Å². The SMILES string of the molecule is O=C(CO)c1cccc(Cc2cccnc2)c1. The minimum absolute atomic E-state index is 0.252. The van der Waals surface area contributed by atoms with Gasteiger partial charge in [-0.1, -0.05) is 24.3 Å². The summed E-state index contributed by atoms with van der Waals surface area (Å²) in [6, 6.07) is 11.2. The van der Waals surface area contributed by atoms with Gasteiger partial charge in [-0.3, -0.25) is 9.78 Å². The van der Waals surface area contributed by atoms with Crippen LogP contribution in [0.15, 0.2) is 48.8 Å². The molecular formula is C14H13NO2. The first-order chi connectivity index (χ1) is 8.29. The first-order valence-corrected chi connectivity index (χ1v) is 5.41. The first kappa shape index (κ1) is 11.5. The summed E-state index contributed by atoms with van der Waals surface area (Å²) in [5, 5.41) is 8.81. The Balaban J connectivity index is 2.20. The van der Waals surface area contributed by atoms with Crippen LogP contribution in [0.4, 0.5) is 0 Å². The molecule has 0 unspecified atom stereocenters. The second-order valence-corrected chi connectivity index (χ2v) is 3.82. The zero-order valence-electron chi connectivity index (χ0n) is 9.34. The molecule has 0 atom stereocenters. The van der Waals surface area contributed by atoms with E-state index < -0.39 is 6.61 Å². The molecule has 0 aliphatic rings. The maximum absolute atomic E-state index is 11.4. The van der Waals surface area contributed by atoms with Crippen LogP contribution in [0.2, 0.25) is 0 Å². The molecule has 0 aliphatic heterocycles. The zero-order chi connectivity index (χ0) is 12.1. The Labute approximate surface area is 99.8 Å². The molecule has 2 aromatic rings. The van der Waals surface area contributed by atoms with Gasteiger partial charge < -0.3 is 5.11 Å². The second-order valence-electron chi connectivity index (χ2n) is 3.82. The number of rotatable bonds is 4. The molecule has 1 aromatic heterocycles. The maximum Gasteiger partial charge on any atom is 0.188 e. The van der Waals surface area contributed by atoms with Gasteiger partial charge in [0, 0.05) is 18.0 Å². The molecule has 1 heterocycles. The third-order valence-corrected chi connectivity index (χ3v) is 2.52. The van der Waals surface area contributed by atoms with E-state index >= 15 is 0 Å². The number of benzene rings is 1. The fraction of sp³-hybridized carbons (Fsp3) is 0.143. The molecule has 2 rings (SSSR count). The summed E-state index contributed by atoms with van der Waals surface area (Å²) < 4.78 is 0. The Hall–Kier alpha value is -2.00. The lowest BCUT2D eigenvalue weighted by Crippen LogP contribution is -2.04. The smallest absolute Gasteiger partial charge is 0.188 e. The van der Waals surface area contributed by atoms with Crippen molar-refractivity contribution in [2.45, 2.75) is 6.42 Å². The minimum Gasteiger partial charge on any atom is -0.388 e. The number of aromatic nitrogens is 1. The summed E-state index contributed by atoms with van der Waals surface area (Å²) in [5.41, 5.74) is 2.69. The van der Waals surface area contributed by atoms with Crippen molar-refractivity contribution in [2.75, 3.05) is 6.61 Å². The predicted molar refractivity (Wildman–Crippen MR) is 64.9 cm³/mol. The van der Waals surface area contributed by atoms with E-state index in [2.05, 4.69) is 4.98 Å². The molecule has 0 aliphatic carbocycles. The molecule has 0 radical (unpaired) electrons. The third kappa shape index (κ3) is 2.98. The topological polar surface area (TPSA) is 50.2 Å². The number of nitrogens with zero attached hydrogens (tertiary/aromatic N) is 1. The molecule has 86 valence electrons. The lowest BCUT2D eigenvalue weighted by atomic mass is 10.0. The van der Waals surface area contributed by atoms with Crippen molar-refractivity contribution in [1.82, 2.24) is 4.98 Å². The number of Topliss-reactive ketones (excluding diaryl/α,β-unsaturated/α-hetero) is 1. The highest BCUT2D eigenvalue weighted by Gasteiger charge is 2.04. The number of aliphatic hydroxyl groups is 1. The second kappa shape index (κ2) is 5.37. The molecule has 0 saturated carbocycles. The van der Waals surface area contributed by atoms with Gasteiger partial charge in [-0.05, 0) is 29.7 Å². The summed E-state index contributed by atoms with van der Waals surface area (Å²) in [4.78, 5) is 15.4. The summed E-state index contributed by atoms with van der Waals surface area (Å²) in [6.07, 6.45) is 4.27. The van der Waals surface area contributed by atoms with Gasteiger partial charge in [0.1, 0.15) is 6.61 Å². The highest BCUT2D eigenvalue weighted by Crippen LogP contribution is 2.11. The molecule has 0 amide bonds. The number of carbonyl (C=O) groups is 1. The zero-order valence-corrected chi connectivity index (χ0v) is 9.34. The maximum atomic E-state index is 11.4. The van der Waals surface area contributed by atoms with E-state index in [9.17, 15) is 4.79 Å². The average molecular weight is 227 g/mol. The van der Waals surface area contributed by atoms with Crippen LogP contribution in [-0.2, 0) is 6.42 Å². The number of carbonyl (C=O) groups excluding carboxylic acids is 1. The van der Waals surface area contributed by atoms with Crippen LogP contribution in [-0.4, -0.2) is 22.5 Å². The van der Waals surface area contributed by atoms with Crippen molar-refractivity contribution in [1.29, 1.82) is 0 Å². The molecule has 0 spiro atoms. The normalized spacial score (nSPS) is 10.2. The van der Waals surface area contributed by atoms with Gasteiger partial charge in [-0.25, -0.2) is 0 Å². The number of aliphatic hydroxyl groups excluding tert-OH is 1. The highest BCUT2D eigenvalue weighted by atomic mass is 16.3. The van der Waals surface area contributed by atoms with Crippen molar-refractivity contribution >= 4 is 5.78 Å². The number of pyridine rings is 1. The Morgan fingerprint density at radius 1 is 1.18 bits per heavy atom. The standard InChI is InChI=1S/C14H13NO2/c16-10-14(17)13-5-1-3-11(8-13)7-12-4-2-6-15-9-12/h1-6,8-9,16H,7,10H2. The van der Waals surface area contributed by atoms with E-state index in [0.717, 1.165) is 17.5 Å². The summed E-state index contributed by atoms with van der Waals surface area (Å²) in [5.74, 6) is -0.252. The molecular weight excluding hydrogens is 214 g/mol. The van der Waals surface area contributed by atoms with Crippen molar-refractivity contribution in [2.24, 2.45) is 0 Å². The monoisotopic (exact) mass is 227 g/mol. The van der Waals surface area contributed by atoms with E-state index in [1.807, 2.05) is 30.3 Å². The molecule has 3 nitrogen and oxygen atoms in total. The fourth-order valence-electron chi connectivity index (χ4n) is 1.68. The molecule has 17 heavy (non-hydrogen) atoms. The Bertz CT molecular complexity index is 509. The average Bonchev–Trinajstić information content (AvgIpc) is 2.39. The van der Waals surface area contributed by atoms with Crippen molar-refractivity contribution in [3.05, 3.63) is 65.5 Å². The van der Waals surface area contributed by atoms with Gasteiger partial charge in [-0.15, -0.1) is 0 Å². The fourth-order valence-corrected chi connectivity index (χ4v) is 1.68. The number of ketones is 1. The van der Waals surface area contributed by atoms with E-state index in [-0.39, 0.29) is 5.78 Å². The molecule has 0 fully saturated rings. The van der Waals surface area contributed by atoms with Crippen LogP contribution >= 0.6 is 0 Å². The predicted octanol–water partition coefficient (Wildman–Crippen LogP) is 1.85. The Morgan fingerprint density at radius 2 is 2.00 bits per heavy atom. The molecule has 3 heteroatoms. The molecule has 1 aromatic carbocycles. The molecule has 0 bridgehead atoms. The lowest BCUT2D eigenvalue weighted by molar-refractivity contribution is 0.0903. The first-order valence-electron chi connectivity index (χ1n) is 5.41. The van der Waals surface area contributed by atoms with Crippen LogP contribution in [0.5, 0.6) is 0 Å². The van der Waals surface area contributed by atoms with E-state index in [4.69, 9.17) is 5.11 Å². The number of hydrogen-bond acceptors (Lipinski definition) is 3. The van der Waals surface area contributed by atoms with Crippen molar-refractivity contribution in [3.63, 3.8) is 0 Å². The quantitative estimate of drug-likeness (QED) is 0.811. The highest BCUT2D eigenvalue weighted by molar-refractivity contribution is 5.97. The summed E-state index contributed by atoms with van der Waals surface area (Å²) >= 11 is 0. The van der Waals surface area contributed by atoms with Crippen LogP contribution < -0.4 is 0 Å². The largest absolute Gasteiger partial charge is 0.388 e. The lowest BCUT2D eigenvalue weighted by Gasteiger charge is -2.03. The van der Waals surface area contributed by atoms with Gasteiger partial charge in [-0.2, -0.15) is 0 Å².